The first-order valence-corrected chi connectivity index (χ1v) is 14.8. The topological polar surface area (TPSA) is 95.0 Å². The molecule has 1 rings (SSSR count). The highest BCUT2D eigenvalue weighted by atomic mass is 32.1. The van der Waals surface area contributed by atoms with Crippen LogP contribution in [0.15, 0.2) is 23.1 Å². The van der Waals surface area contributed by atoms with E-state index >= 15 is 0 Å². The van der Waals surface area contributed by atoms with Crippen LogP contribution >= 0.6 is 39.7 Å². The first-order chi connectivity index (χ1) is 17.4. The number of unbranched alkanes of at least 4 members (excludes halogenated alkanes) is 1. The van der Waals surface area contributed by atoms with Gasteiger partial charge in [0.1, 0.15) is 5.78 Å². The minimum absolute atomic E-state index is 0.0252. The third-order valence-corrected chi connectivity index (χ3v) is 8.58. The maximum Gasteiger partial charge on any atom is 0.306 e. The van der Waals surface area contributed by atoms with Crippen molar-refractivity contribution in [1.82, 2.24) is 4.98 Å². The molecular formula is C26H44NO6P3S. The number of hydrogen-bond donors (Lipinski definition) is 1. The van der Waals surface area contributed by atoms with Crippen molar-refractivity contribution >= 4 is 57.6 Å². The van der Waals surface area contributed by atoms with Crippen molar-refractivity contribution in [2.45, 2.75) is 92.0 Å². The average Bonchev–Trinajstić information content (AvgIpc) is 3.25. The first kappa shape index (κ1) is 34.4. The van der Waals surface area contributed by atoms with Gasteiger partial charge in [0.2, 0.25) is 0 Å². The second kappa shape index (κ2) is 17.2. The van der Waals surface area contributed by atoms with Crippen molar-refractivity contribution in [1.29, 1.82) is 0 Å². The predicted octanol–water partition coefficient (Wildman–Crippen LogP) is 6.84. The Morgan fingerprint density at radius 3 is 2.35 bits per heavy atom. The van der Waals surface area contributed by atoms with Crippen molar-refractivity contribution in [2.75, 3.05) is 0 Å². The summed E-state index contributed by atoms with van der Waals surface area (Å²) in [5.74, 6) is -1.34. The Bertz CT molecular complexity index is 920. The molecule has 0 spiro atoms. The molecule has 37 heavy (non-hydrogen) atoms. The van der Waals surface area contributed by atoms with Gasteiger partial charge in [-0.05, 0) is 57.1 Å². The van der Waals surface area contributed by atoms with E-state index in [1.54, 1.807) is 25.2 Å². The van der Waals surface area contributed by atoms with Crippen LogP contribution < -0.4 is 0 Å². The van der Waals surface area contributed by atoms with Crippen LogP contribution in [0.5, 0.6) is 0 Å². The zero-order valence-electron chi connectivity index (χ0n) is 22.8. The number of thiazole rings is 1. The van der Waals surface area contributed by atoms with Crippen LogP contribution in [0.1, 0.15) is 77.4 Å². The standard InChI is InChI=1S/C26H44NO6P3S/c1-16(24(33-36)18(3)25(30)26(5,6)22(32-35)14-23(28)29)11-9-7-8-10-12-21(31-34)17(2)13-20-15-37-19(4)27-20/h8,10,13,15-16,18,21-22,24H,7,9,11-12,14,34-36H2,1-6H3,(H,28,29)/b10-8-,17-13+/t16-,18+,21-,22-,24-/m0/s1. The molecule has 7 nitrogen and oxygen atoms in total. The lowest BCUT2D eigenvalue weighted by Crippen LogP contribution is -2.45. The molecule has 1 N–H and O–H groups in total. The van der Waals surface area contributed by atoms with E-state index in [-0.39, 0.29) is 30.3 Å². The van der Waals surface area contributed by atoms with Crippen LogP contribution in [-0.4, -0.2) is 40.2 Å². The smallest absolute Gasteiger partial charge is 0.306 e. The van der Waals surface area contributed by atoms with E-state index in [0.717, 1.165) is 42.0 Å². The van der Waals surface area contributed by atoms with Gasteiger partial charge in [0.25, 0.3) is 0 Å². The van der Waals surface area contributed by atoms with Gasteiger partial charge in [-0.25, -0.2) is 4.98 Å². The molecule has 1 aromatic rings. The van der Waals surface area contributed by atoms with Crippen molar-refractivity contribution in [2.24, 2.45) is 17.3 Å². The number of carboxylic acid groups (broad SMARTS) is 1. The highest BCUT2D eigenvalue weighted by Gasteiger charge is 2.43. The normalized spacial score (nSPS) is 16.9. The Morgan fingerprint density at radius 1 is 1.16 bits per heavy atom. The molecule has 11 heteroatoms. The second-order valence-electron chi connectivity index (χ2n) is 10.1. The second-order valence-corrected chi connectivity index (χ2v) is 12.0. The molecule has 210 valence electrons. The van der Waals surface area contributed by atoms with E-state index in [1.807, 2.05) is 19.2 Å². The van der Waals surface area contributed by atoms with E-state index in [4.69, 9.17) is 13.6 Å². The van der Waals surface area contributed by atoms with Gasteiger partial charge in [-0.2, -0.15) is 0 Å². The summed E-state index contributed by atoms with van der Waals surface area (Å²) >= 11 is 1.63. The molecule has 3 unspecified atom stereocenters. The van der Waals surface area contributed by atoms with Crippen LogP contribution in [0.3, 0.4) is 0 Å². The fraction of sp³-hybridized carbons (Fsp3) is 0.654. The summed E-state index contributed by atoms with van der Waals surface area (Å²) in [7, 11) is 6.74. The monoisotopic (exact) mass is 591 g/mol. The van der Waals surface area contributed by atoms with Crippen LogP contribution in [0.4, 0.5) is 0 Å². The summed E-state index contributed by atoms with van der Waals surface area (Å²) in [5, 5.41) is 12.3. The number of allylic oxidation sites excluding steroid dienone is 1. The maximum atomic E-state index is 13.3. The average molecular weight is 592 g/mol. The SMILES string of the molecule is C/C(=C\c1csc(C)n1)[C@H](C/C=C\CCC[C@H](C)[C@H](OP)[C@@H](C)C(=O)C(C)(C)[C@H](CC(=O)O)OP)OP. The molecule has 0 radical (unpaired) electrons. The lowest BCUT2D eigenvalue weighted by Gasteiger charge is -2.36. The van der Waals surface area contributed by atoms with Gasteiger partial charge in [0.05, 0.1) is 40.8 Å². The number of ketones is 1. The minimum Gasteiger partial charge on any atom is -0.481 e. The maximum absolute atomic E-state index is 13.3. The summed E-state index contributed by atoms with van der Waals surface area (Å²) in [4.78, 5) is 29.0. The number of carbonyl (C=O) groups is 2. The van der Waals surface area contributed by atoms with Crippen LogP contribution in [0.25, 0.3) is 6.08 Å². The van der Waals surface area contributed by atoms with E-state index in [0.29, 0.717) is 0 Å². The Morgan fingerprint density at radius 2 is 1.84 bits per heavy atom. The summed E-state index contributed by atoms with van der Waals surface area (Å²) in [5.41, 5.74) is 1.12. The molecular weight excluding hydrogens is 547 g/mol. The van der Waals surface area contributed by atoms with E-state index in [9.17, 15) is 14.7 Å². The third kappa shape index (κ3) is 11.2. The zero-order chi connectivity index (χ0) is 28.2. The molecule has 1 heterocycles. The lowest BCUT2D eigenvalue weighted by atomic mass is 9.73. The summed E-state index contributed by atoms with van der Waals surface area (Å²) < 4.78 is 16.5. The molecule has 0 aromatic carbocycles. The van der Waals surface area contributed by atoms with Crippen molar-refractivity contribution in [3.05, 3.63) is 33.8 Å². The number of nitrogens with zero attached hydrogens (tertiary/aromatic N) is 1. The lowest BCUT2D eigenvalue weighted by molar-refractivity contribution is -0.145. The number of Topliss-reactive ketones (excluding diaryl/α,β-unsaturated/α-hetero) is 1. The van der Waals surface area contributed by atoms with Crippen molar-refractivity contribution in [3.63, 3.8) is 0 Å². The number of aliphatic carboxylic acids is 1. The summed E-state index contributed by atoms with van der Waals surface area (Å²) in [6, 6.07) is 0. The predicted molar refractivity (Wildman–Crippen MR) is 161 cm³/mol. The highest BCUT2D eigenvalue weighted by Crippen LogP contribution is 2.35. The third-order valence-electron chi connectivity index (χ3n) is 6.82. The van der Waals surface area contributed by atoms with E-state index in [1.165, 1.54) is 0 Å². The van der Waals surface area contributed by atoms with Gasteiger partial charge in [-0.3, -0.25) is 9.59 Å². The zero-order valence-corrected chi connectivity index (χ0v) is 27.1. The van der Waals surface area contributed by atoms with E-state index < -0.39 is 23.4 Å². The fourth-order valence-corrected chi connectivity index (χ4v) is 6.29. The molecule has 0 saturated carbocycles. The number of aryl methyl sites for hydroxylation is 1. The molecule has 0 bridgehead atoms. The summed E-state index contributed by atoms with van der Waals surface area (Å²) in [6.07, 6.45) is 8.62. The molecule has 8 atom stereocenters. The van der Waals surface area contributed by atoms with Crippen LogP contribution in [0, 0.1) is 24.2 Å². The molecule has 0 fully saturated rings. The number of carboxylic acids is 1. The molecule has 0 saturated heterocycles. The van der Waals surface area contributed by atoms with Gasteiger partial charge >= 0.3 is 5.97 Å². The van der Waals surface area contributed by atoms with Crippen molar-refractivity contribution < 1.29 is 28.3 Å². The Kier molecular flexibility index (Phi) is 16.0. The molecule has 0 aliphatic carbocycles. The van der Waals surface area contributed by atoms with Crippen molar-refractivity contribution in [3.8, 4) is 0 Å². The number of hydrogen-bond acceptors (Lipinski definition) is 7. The highest BCUT2D eigenvalue weighted by molar-refractivity contribution is 7.10. The van der Waals surface area contributed by atoms with Gasteiger partial charge in [-0.1, -0.05) is 39.8 Å². The van der Waals surface area contributed by atoms with Gasteiger partial charge in [-0.15, -0.1) is 11.3 Å². The van der Waals surface area contributed by atoms with Gasteiger partial charge in [0, 0.05) is 39.7 Å². The Balaban J connectivity index is 2.61. The number of aromatic nitrogens is 1. The Hall–Kier alpha value is -0.580. The first-order valence-electron chi connectivity index (χ1n) is 12.5. The van der Waals surface area contributed by atoms with Gasteiger partial charge < -0.3 is 18.7 Å². The van der Waals surface area contributed by atoms with Gasteiger partial charge in [0.15, 0.2) is 0 Å². The molecule has 0 aliphatic heterocycles. The number of rotatable bonds is 18. The van der Waals surface area contributed by atoms with E-state index in [2.05, 4.69) is 65.5 Å². The Labute approximate surface area is 233 Å². The largest absolute Gasteiger partial charge is 0.481 e. The molecule has 0 amide bonds. The van der Waals surface area contributed by atoms with Crippen LogP contribution in [0.2, 0.25) is 0 Å². The fourth-order valence-electron chi connectivity index (χ4n) is 4.45. The summed E-state index contributed by atoms with van der Waals surface area (Å²) in [6.45, 7) is 11.5. The molecule has 0 aliphatic rings. The number of carbonyl (C=O) groups excluding carboxylic acids is 1. The molecule has 1 aromatic heterocycles. The van der Waals surface area contributed by atoms with Crippen LogP contribution in [-0.2, 0) is 23.2 Å². The minimum atomic E-state index is -1.00. The quantitative estimate of drug-likeness (QED) is 0.113.